The average molecular weight is 695 g/mol. The van der Waals surface area contributed by atoms with Crippen LogP contribution in [0, 0.1) is 34.5 Å². The van der Waals surface area contributed by atoms with Gasteiger partial charge in [-0.25, -0.2) is 17.5 Å². The predicted octanol–water partition coefficient (Wildman–Crippen LogP) is 2.14. The van der Waals surface area contributed by atoms with Crippen LogP contribution in [0.1, 0.15) is 99.3 Å². The second-order valence-corrected chi connectivity index (χ2v) is 18.7. The van der Waals surface area contributed by atoms with Crippen molar-refractivity contribution in [1.29, 1.82) is 0 Å². The molecule has 3 aliphatic carbocycles. The van der Waals surface area contributed by atoms with Gasteiger partial charge in [-0.2, -0.15) is 0 Å². The fourth-order valence-corrected chi connectivity index (χ4v) is 8.98. The Kier molecular flexibility index (Phi) is 11.6. The minimum Gasteiger partial charge on any atom is -0.363 e. The van der Waals surface area contributed by atoms with Gasteiger partial charge in [0.25, 0.3) is 5.91 Å². The number of carbonyl (C=O) groups is 5. The first-order valence-electron chi connectivity index (χ1n) is 17.7. The standard InChI is InChI=1S/C34H58N6O7S/c1-8-48(46,47)39(7)19-24(21-15-10-9-11-16-21)37-32(45)38-28(33(2,3)4)31(44)40-18-22-25(34(22,5)6)26(40)30(43)36-23(27(41)29(35)42)17-20-13-12-14-20/h20-26,28H,8-19H2,1-7H3,(H2,35,42)(H,36,43)(H2,37,38,45)/t22-,23?,24+,25-,26-,28+/m0/s1. The van der Waals surface area contributed by atoms with Crippen LogP contribution in [0.25, 0.3) is 0 Å². The van der Waals surface area contributed by atoms with Gasteiger partial charge in [0, 0.05) is 26.2 Å². The van der Waals surface area contributed by atoms with E-state index in [0.717, 1.165) is 51.4 Å². The number of nitrogens with zero attached hydrogens (tertiary/aromatic N) is 2. The minimum absolute atomic E-state index is 0.0466. The number of sulfonamides is 1. The van der Waals surface area contributed by atoms with Crippen LogP contribution in [0.3, 0.4) is 0 Å². The Labute approximate surface area is 286 Å². The van der Waals surface area contributed by atoms with Crippen molar-refractivity contribution in [2.45, 2.75) is 123 Å². The molecule has 1 heterocycles. The fourth-order valence-electron chi connectivity index (χ4n) is 8.15. The Morgan fingerprint density at radius 1 is 0.958 bits per heavy atom. The van der Waals surface area contributed by atoms with Gasteiger partial charge in [-0.1, -0.05) is 73.1 Å². The number of piperidine rings is 1. The van der Waals surface area contributed by atoms with Crippen molar-refractivity contribution in [3.63, 3.8) is 0 Å². The van der Waals surface area contributed by atoms with Crippen LogP contribution in [0.4, 0.5) is 4.79 Å². The van der Waals surface area contributed by atoms with Crippen LogP contribution in [0.2, 0.25) is 0 Å². The molecule has 0 aromatic rings. The van der Waals surface area contributed by atoms with Gasteiger partial charge in [0.05, 0.1) is 11.8 Å². The highest BCUT2D eigenvalue weighted by Gasteiger charge is 2.70. The second-order valence-electron chi connectivity index (χ2n) is 16.3. The maximum absolute atomic E-state index is 14.4. The number of urea groups is 1. The molecule has 4 rings (SSSR count). The predicted molar refractivity (Wildman–Crippen MR) is 182 cm³/mol. The van der Waals surface area contributed by atoms with E-state index in [1.807, 2.05) is 20.8 Å². The molecule has 1 saturated heterocycles. The first kappa shape index (κ1) is 38.1. The molecule has 0 aromatic heterocycles. The maximum Gasteiger partial charge on any atom is 0.315 e. The van der Waals surface area contributed by atoms with Crippen LogP contribution in [-0.2, 0) is 29.2 Å². The summed E-state index contributed by atoms with van der Waals surface area (Å²) in [5.74, 6) is -2.64. The zero-order valence-corrected chi connectivity index (χ0v) is 30.7. The summed E-state index contributed by atoms with van der Waals surface area (Å²) in [5, 5.41) is 8.71. The lowest BCUT2D eigenvalue weighted by Gasteiger charge is -2.39. The van der Waals surface area contributed by atoms with E-state index in [2.05, 4.69) is 29.8 Å². The summed E-state index contributed by atoms with van der Waals surface area (Å²) < 4.78 is 26.5. The average Bonchev–Trinajstić information content (AvgIpc) is 3.31. The van der Waals surface area contributed by atoms with E-state index in [9.17, 15) is 32.4 Å². The van der Waals surface area contributed by atoms with Gasteiger partial charge in [-0.3, -0.25) is 19.2 Å². The molecule has 13 nitrogen and oxygen atoms in total. The van der Waals surface area contributed by atoms with Crippen molar-refractivity contribution in [1.82, 2.24) is 25.2 Å². The zero-order valence-electron chi connectivity index (χ0n) is 29.8. The second kappa shape index (κ2) is 14.6. The highest BCUT2D eigenvalue weighted by molar-refractivity contribution is 7.89. The van der Waals surface area contributed by atoms with Crippen molar-refractivity contribution in [3.8, 4) is 0 Å². The van der Waals surface area contributed by atoms with Crippen LogP contribution < -0.4 is 21.7 Å². The summed E-state index contributed by atoms with van der Waals surface area (Å²) in [6.45, 7) is 11.7. The highest BCUT2D eigenvalue weighted by atomic mass is 32.2. The molecule has 0 bridgehead atoms. The van der Waals surface area contributed by atoms with Crippen LogP contribution >= 0.6 is 0 Å². The molecular formula is C34H58N6O7S. The number of Topliss-reactive ketones (excluding diaryl/α,β-unsaturated/α-hetero) is 1. The van der Waals surface area contributed by atoms with Gasteiger partial charge in [0.2, 0.25) is 27.6 Å². The maximum atomic E-state index is 14.4. The third-order valence-corrected chi connectivity index (χ3v) is 13.5. The van der Waals surface area contributed by atoms with E-state index in [1.165, 1.54) is 16.3 Å². The molecule has 4 aliphatic rings. The number of fused-ring (bicyclic) bond motifs is 1. The number of primary amides is 1. The highest BCUT2D eigenvalue weighted by Crippen LogP contribution is 2.65. The molecule has 6 atom stereocenters. The SMILES string of the molecule is CCS(=O)(=O)N(C)C[C@@H](NC(=O)N[C@H](C(=O)N1C[C@H]2[C@@H]([C@H]1C(=O)NC(CC1CCC1)C(=O)C(N)=O)C2(C)C)C(C)(C)C)C1CCCCC1. The van der Waals surface area contributed by atoms with E-state index < -0.39 is 69.1 Å². The Hall–Kier alpha value is -2.74. The van der Waals surface area contributed by atoms with Crippen LogP contribution in [0.5, 0.6) is 0 Å². The number of nitrogens with two attached hydrogens (primary N) is 1. The molecular weight excluding hydrogens is 636 g/mol. The van der Waals surface area contributed by atoms with Crippen LogP contribution in [0.15, 0.2) is 0 Å². The Bertz CT molecular complexity index is 1350. The minimum atomic E-state index is -3.47. The summed E-state index contributed by atoms with van der Waals surface area (Å²) in [4.78, 5) is 68.2. The zero-order chi connectivity index (χ0) is 35.8. The topological polar surface area (TPSA) is 188 Å². The number of carbonyl (C=O) groups excluding carboxylic acids is 5. The van der Waals surface area contributed by atoms with Gasteiger partial charge in [-0.05, 0) is 60.7 Å². The van der Waals surface area contributed by atoms with E-state index in [0.29, 0.717) is 13.0 Å². The van der Waals surface area contributed by atoms with Crippen molar-refractivity contribution in [2.75, 3.05) is 25.9 Å². The fraction of sp³-hybridized carbons (Fsp3) is 0.853. The molecule has 48 heavy (non-hydrogen) atoms. The summed E-state index contributed by atoms with van der Waals surface area (Å²) in [5.41, 5.74) is 4.40. The first-order valence-corrected chi connectivity index (χ1v) is 19.4. The molecule has 4 fully saturated rings. The molecule has 5 N–H and O–H groups in total. The molecule has 0 spiro atoms. The number of likely N-dealkylation sites (N-methyl/N-ethyl adjacent to an activating group) is 1. The number of hydrogen-bond donors (Lipinski definition) is 4. The number of likely N-dealkylation sites (tertiary alicyclic amines) is 1. The lowest BCUT2D eigenvalue weighted by molar-refractivity contribution is -0.145. The summed E-state index contributed by atoms with van der Waals surface area (Å²) >= 11 is 0. The molecule has 1 unspecified atom stereocenters. The van der Waals surface area contributed by atoms with Gasteiger partial charge >= 0.3 is 6.03 Å². The Balaban J connectivity index is 1.53. The van der Waals surface area contributed by atoms with Crippen LogP contribution in [-0.4, -0.2) is 97.2 Å². The normalized spacial score (nSPS) is 26.1. The quantitative estimate of drug-likeness (QED) is 0.201. The van der Waals surface area contributed by atoms with Gasteiger partial charge in [0.15, 0.2) is 0 Å². The van der Waals surface area contributed by atoms with Crippen molar-refractivity contribution < 1.29 is 32.4 Å². The van der Waals surface area contributed by atoms with Crippen molar-refractivity contribution >= 4 is 39.6 Å². The third-order valence-electron chi connectivity index (χ3n) is 11.6. The van der Waals surface area contributed by atoms with E-state index >= 15 is 0 Å². The molecule has 272 valence electrons. The summed E-state index contributed by atoms with van der Waals surface area (Å²) in [6.07, 6.45) is 8.03. The summed E-state index contributed by atoms with van der Waals surface area (Å²) in [7, 11) is -1.95. The molecule has 1 aliphatic heterocycles. The van der Waals surface area contributed by atoms with E-state index in [-0.39, 0.29) is 41.4 Å². The third kappa shape index (κ3) is 8.34. The number of nitrogens with one attached hydrogen (secondary N) is 3. The number of ketones is 1. The van der Waals surface area contributed by atoms with Gasteiger partial charge < -0.3 is 26.6 Å². The van der Waals surface area contributed by atoms with Crippen molar-refractivity contribution in [3.05, 3.63) is 0 Å². The first-order chi connectivity index (χ1) is 22.3. The number of rotatable bonds is 14. The van der Waals surface area contributed by atoms with E-state index in [1.54, 1.807) is 6.92 Å². The molecule has 3 saturated carbocycles. The Morgan fingerprint density at radius 2 is 1.58 bits per heavy atom. The van der Waals surface area contributed by atoms with Gasteiger partial charge in [0.1, 0.15) is 12.1 Å². The largest absolute Gasteiger partial charge is 0.363 e. The number of amides is 5. The lowest BCUT2D eigenvalue weighted by Crippen LogP contribution is -2.62. The summed E-state index contributed by atoms with van der Waals surface area (Å²) in [6, 6.07) is -3.94. The molecule has 0 aromatic carbocycles. The molecule has 14 heteroatoms. The van der Waals surface area contributed by atoms with E-state index in [4.69, 9.17) is 5.73 Å². The lowest BCUT2D eigenvalue weighted by atomic mass is 9.80. The number of hydrogen-bond acceptors (Lipinski definition) is 7. The molecule has 0 radical (unpaired) electrons. The smallest absolute Gasteiger partial charge is 0.315 e. The van der Waals surface area contributed by atoms with Crippen molar-refractivity contribution in [2.24, 2.45) is 40.2 Å². The molecule has 5 amide bonds. The Morgan fingerprint density at radius 3 is 2.10 bits per heavy atom. The van der Waals surface area contributed by atoms with Gasteiger partial charge in [-0.15, -0.1) is 0 Å². The monoisotopic (exact) mass is 694 g/mol.